The fourth-order valence-electron chi connectivity index (χ4n) is 1.32. The normalized spacial score (nSPS) is 11.8. The fourth-order valence-corrected chi connectivity index (χ4v) is 1.32. The number of alkyl halides is 3. The average molecular weight is 242 g/mol. The van der Waals surface area contributed by atoms with E-state index in [4.69, 9.17) is 5.73 Å². The zero-order valence-electron chi connectivity index (χ0n) is 8.65. The van der Waals surface area contributed by atoms with Gasteiger partial charge < -0.3 is 5.73 Å². The quantitative estimate of drug-likeness (QED) is 0.872. The molecule has 0 fully saturated rings. The van der Waals surface area contributed by atoms with E-state index in [1.165, 1.54) is 16.8 Å². The van der Waals surface area contributed by atoms with E-state index in [-0.39, 0.29) is 6.54 Å². The molecule has 0 saturated carbocycles. The van der Waals surface area contributed by atoms with Gasteiger partial charge in [-0.1, -0.05) is 5.21 Å². The van der Waals surface area contributed by atoms with Gasteiger partial charge >= 0.3 is 6.18 Å². The first-order valence-corrected chi connectivity index (χ1v) is 4.79. The number of halogens is 3. The Morgan fingerprint density at radius 1 is 1.18 bits per heavy atom. The number of rotatable bonds is 2. The summed E-state index contributed by atoms with van der Waals surface area (Å²) in [6, 6.07) is 4.66. The van der Waals surface area contributed by atoms with Crippen molar-refractivity contribution >= 4 is 0 Å². The van der Waals surface area contributed by atoms with Crippen LogP contribution in [-0.2, 0) is 12.7 Å². The maximum absolute atomic E-state index is 12.3. The van der Waals surface area contributed by atoms with Crippen molar-refractivity contribution in [3.63, 3.8) is 0 Å². The van der Waals surface area contributed by atoms with Crippen LogP contribution in [0.25, 0.3) is 5.69 Å². The van der Waals surface area contributed by atoms with Crippen molar-refractivity contribution in [2.45, 2.75) is 12.7 Å². The number of nitrogens with zero attached hydrogens (tertiary/aromatic N) is 3. The molecule has 0 unspecified atom stereocenters. The molecule has 0 saturated heterocycles. The van der Waals surface area contributed by atoms with Crippen LogP contribution in [0.4, 0.5) is 13.2 Å². The molecule has 0 aliphatic heterocycles. The van der Waals surface area contributed by atoms with Gasteiger partial charge in [-0.05, 0) is 24.3 Å². The minimum absolute atomic E-state index is 0.237. The van der Waals surface area contributed by atoms with Gasteiger partial charge in [0.25, 0.3) is 0 Å². The second-order valence-electron chi connectivity index (χ2n) is 3.40. The number of aromatic nitrogens is 3. The molecule has 0 aliphatic carbocycles. The predicted octanol–water partition coefficient (Wildman–Crippen LogP) is 1.74. The van der Waals surface area contributed by atoms with Crippen molar-refractivity contribution in [1.29, 1.82) is 0 Å². The summed E-state index contributed by atoms with van der Waals surface area (Å²) in [6.07, 6.45) is -2.76. The number of hydrogen-bond acceptors (Lipinski definition) is 3. The van der Waals surface area contributed by atoms with Crippen LogP contribution >= 0.6 is 0 Å². The van der Waals surface area contributed by atoms with Gasteiger partial charge in [0, 0.05) is 6.54 Å². The molecule has 2 N–H and O–H groups in total. The van der Waals surface area contributed by atoms with Crippen LogP contribution in [0.15, 0.2) is 30.5 Å². The Bertz CT molecular complexity index is 501. The first-order valence-electron chi connectivity index (χ1n) is 4.79. The molecule has 1 heterocycles. The number of hydrogen-bond donors (Lipinski definition) is 1. The highest BCUT2D eigenvalue weighted by molar-refractivity contribution is 5.34. The zero-order chi connectivity index (χ0) is 12.5. The first kappa shape index (κ1) is 11.6. The van der Waals surface area contributed by atoms with Gasteiger partial charge in [-0.15, -0.1) is 5.10 Å². The fraction of sp³-hybridized carbons (Fsp3) is 0.200. The Labute approximate surface area is 94.9 Å². The van der Waals surface area contributed by atoms with Crippen LogP contribution in [0.3, 0.4) is 0 Å². The van der Waals surface area contributed by atoms with E-state index in [1.54, 1.807) is 6.20 Å². The van der Waals surface area contributed by atoms with Gasteiger partial charge in [0.2, 0.25) is 0 Å². The van der Waals surface area contributed by atoms with Crippen molar-refractivity contribution in [2.24, 2.45) is 5.73 Å². The second kappa shape index (κ2) is 4.17. The highest BCUT2D eigenvalue weighted by atomic mass is 19.4. The molecule has 4 nitrogen and oxygen atoms in total. The van der Waals surface area contributed by atoms with Gasteiger partial charge in [0.15, 0.2) is 0 Å². The third-order valence-corrected chi connectivity index (χ3v) is 2.21. The summed E-state index contributed by atoms with van der Waals surface area (Å²) < 4.78 is 38.4. The molecule has 1 aromatic carbocycles. The Kier molecular flexibility index (Phi) is 2.84. The molecular weight excluding hydrogens is 233 g/mol. The Morgan fingerprint density at radius 2 is 1.82 bits per heavy atom. The lowest BCUT2D eigenvalue weighted by atomic mass is 10.2. The minimum Gasteiger partial charge on any atom is -0.325 e. The van der Waals surface area contributed by atoms with E-state index in [9.17, 15) is 13.2 Å². The lowest BCUT2D eigenvalue weighted by Crippen LogP contribution is -2.05. The van der Waals surface area contributed by atoms with E-state index in [0.29, 0.717) is 11.4 Å². The lowest BCUT2D eigenvalue weighted by Gasteiger charge is -2.07. The number of benzene rings is 1. The summed E-state index contributed by atoms with van der Waals surface area (Å²) in [5.74, 6) is 0. The van der Waals surface area contributed by atoms with Gasteiger partial charge in [-0.3, -0.25) is 0 Å². The van der Waals surface area contributed by atoms with Gasteiger partial charge in [0.1, 0.15) is 0 Å². The molecule has 0 radical (unpaired) electrons. The van der Waals surface area contributed by atoms with Crippen LogP contribution in [0.2, 0.25) is 0 Å². The predicted molar refractivity (Wildman–Crippen MR) is 54.3 cm³/mol. The van der Waals surface area contributed by atoms with Crippen LogP contribution < -0.4 is 5.73 Å². The molecule has 0 aliphatic rings. The van der Waals surface area contributed by atoms with Crippen molar-refractivity contribution < 1.29 is 13.2 Å². The Morgan fingerprint density at radius 3 is 2.29 bits per heavy atom. The van der Waals surface area contributed by atoms with E-state index in [2.05, 4.69) is 10.3 Å². The lowest BCUT2D eigenvalue weighted by molar-refractivity contribution is -0.137. The van der Waals surface area contributed by atoms with Crippen molar-refractivity contribution in [2.75, 3.05) is 0 Å². The van der Waals surface area contributed by atoms with Crippen LogP contribution in [0.1, 0.15) is 11.3 Å². The molecule has 0 atom stereocenters. The maximum atomic E-state index is 12.3. The smallest absolute Gasteiger partial charge is 0.325 e. The molecule has 17 heavy (non-hydrogen) atoms. The summed E-state index contributed by atoms with van der Waals surface area (Å²) >= 11 is 0. The topological polar surface area (TPSA) is 56.7 Å². The van der Waals surface area contributed by atoms with E-state index >= 15 is 0 Å². The van der Waals surface area contributed by atoms with Crippen LogP contribution in [0, 0.1) is 0 Å². The molecule has 0 amide bonds. The Hall–Kier alpha value is -1.89. The Balaban J connectivity index is 2.29. The molecule has 1 aromatic heterocycles. The molecule has 2 rings (SSSR count). The average Bonchev–Trinajstić information content (AvgIpc) is 2.76. The first-order chi connectivity index (χ1) is 8.00. The van der Waals surface area contributed by atoms with Gasteiger partial charge in [-0.2, -0.15) is 13.2 Å². The second-order valence-corrected chi connectivity index (χ2v) is 3.40. The molecule has 90 valence electrons. The van der Waals surface area contributed by atoms with E-state index < -0.39 is 11.7 Å². The largest absolute Gasteiger partial charge is 0.416 e. The van der Waals surface area contributed by atoms with Gasteiger partial charge in [-0.25, -0.2) is 4.68 Å². The summed E-state index contributed by atoms with van der Waals surface area (Å²) in [5.41, 5.74) is 5.74. The molecular formula is C10H9F3N4. The highest BCUT2D eigenvalue weighted by Crippen LogP contribution is 2.29. The standard InChI is InChI=1S/C10H9F3N4/c11-10(12,13)7-1-3-9(4-2-7)17-6-8(5-14)15-16-17/h1-4,6H,5,14H2. The van der Waals surface area contributed by atoms with Crippen molar-refractivity contribution in [1.82, 2.24) is 15.0 Å². The third-order valence-electron chi connectivity index (χ3n) is 2.21. The van der Waals surface area contributed by atoms with Gasteiger partial charge in [0.05, 0.1) is 23.1 Å². The third kappa shape index (κ3) is 2.44. The minimum atomic E-state index is -4.33. The molecule has 0 spiro atoms. The summed E-state index contributed by atoms with van der Waals surface area (Å²) in [6.45, 7) is 0.237. The summed E-state index contributed by atoms with van der Waals surface area (Å²) in [4.78, 5) is 0. The zero-order valence-corrected chi connectivity index (χ0v) is 8.65. The molecule has 2 aromatic rings. The number of nitrogens with two attached hydrogens (primary N) is 1. The van der Waals surface area contributed by atoms with E-state index in [1.807, 2.05) is 0 Å². The van der Waals surface area contributed by atoms with E-state index in [0.717, 1.165) is 12.1 Å². The molecule has 7 heteroatoms. The summed E-state index contributed by atoms with van der Waals surface area (Å²) in [7, 11) is 0. The maximum Gasteiger partial charge on any atom is 0.416 e. The highest BCUT2D eigenvalue weighted by Gasteiger charge is 2.29. The van der Waals surface area contributed by atoms with Crippen LogP contribution in [-0.4, -0.2) is 15.0 Å². The molecule has 0 bridgehead atoms. The van der Waals surface area contributed by atoms with Crippen molar-refractivity contribution in [3.8, 4) is 5.69 Å². The van der Waals surface area contributed by atoms with Crippen LogP contribution in [0.5, 0.6) is 0 Å². The SMILES string of the molecule is NCc1cn(-c2ccc(C(F)(F)F)cc2)nn1. The van der Waals surface area contributed by atoms with Crippen molar-refractivity contribution in [3.05, 3.63) is 41.7 Å². The summed E-state index contributed by atoms with van der Waals surface area (Å²) in [5, 5.41) is 7.50. The monoisotopic (exact) mass is 242 g/mol.